The quantitative estimate of drug-likeness (QED) is 0.600. The second kappa shape index (κ2) is 6.76. The van der Waals surface area contributed by atoms with Gasteiger partial charge in [0.1, 0.15) is 4.21 Å². The van der Waals surface area contributed by atoms with Gasteiger partial charge in [0.25, 0.3) is 10.0 Å². The number of rotatable bonds is 6. The molecule has 0 aliphatic rings. The average molecular weight is 337 g/mol. The molecule has 1 aromatic carbocycles. The van der Waals surface area contributed by atoms with Gasteiger partial charge in [-0.25, -0.2) is 13.2 Å². The first kappa shape index (κ1) is 16.3. The summed E-state index contributed by atoms with van der Waals surface area (Å²) in [4.78, 5) is 11.9. The van der Waals surface area contributed by atoms with Crippen LogP contribution in [0.1, 0.15) is 10.4 Å². The van der Waals surface area contributed by atoms with Gasteiger partial charge < -0.3 is 4.74 Å². The van der Waals surface area contributed by atoms with Crippen molar-refractivity contribution in [2.45, 2.75) is 4.21 Å². The summed E-state index contributed by atoms with van der Waals surface area (Å²) in [5.41, 5.74) is 0.453. The molecule has 0 saturated heterocycles. The third-order valence-electron chi connectivity index (χ3n) is 2.91. The fourth-order valence-corrected chi connectivity index (χ4v) is 4.49. The van der Waals surface area contributed by atoms with Crippen molar-refractivity contribution in [3.63, 3.8) is 0 Å². The largest absolute Gasteiger partial charge is 0.465 e. The molecule has 1 aromatic heterocycles. The number of ether oxygens (including phenoxy) is 1. The van der Waals surface area contributed by atoms with Crippen LogP contribution < -0.4 is 4.31 Å². The minimum atomic E-state index is -3.76. The molecule has 5 nitrogen and oxygen atoms in total. The lowest BCUT2D eigenvalue weighted by atomic mass is 10.2. The number of nitrogens with zero attached hydrogens (tertiary/aromatic N) is 1. The minimum absolute atomic E-state index is 0.0498. The molecule has 116 valence electrons. The normalized spacial score (nSPS) is 11.0. The molecule has 1 heterocycles. The van der Waals surface area contributed by atoms with E-state index < -0.39 is 16.0 Å². The Morgan fingerprint density at radius 1 is 1.32 bits per heavy atom. The standard InChI is InChI=1S/C15H15NO4S2/c1-3-10-16(22(18,19)14-9-6-11-21-14)13-8-5-4-7-12(13)15(17)20-2/h3-9,11H,1,10H2,2H3. The lowest BCUT2D eigenvalue weighted by Crippen LogP contribution is -2.32. The number of benzene rings is 1. The Kier molecular flexibility index (Phi) is 4.99. The summed E-state index contributed by atoms with van der Waals surface area (Å²) >= 11 is 1.12. The molecule has 0 aliphatic heterocycles. The Morgan fingerprint density at radius 2 is 2.05 bits per heavy atom. The van der Waals surface area contributed by atoms with Crippen molar-refractivity contribution in [3.05, 3.63) is 60.0 Å². The van der Waals surface area contributed by atoms with E-state index in [4.69, 9.17) is 4.74 Å². The topological polar surface area (TPSA) is 63.7 Å². The summed E-state index contributed by atoms with van der Waals surface area (Å²) in [5, 5.41) is 1.69. The van der Waals surface area contributed by atoms with Gasteiger partial charge in [-0.2, -0.15) is 0 Å². The summed E-state index contributed by atoms with van der Waals surface area (Å²) in [6, 6.07) is 9.61. The van der Waals surface area contributed by atoms with Gasteiger partial charge in [-0.15, -0.1) is 17.9 Å². The second-order valence-electron chi connectivity index (χ2n) is 4.27. The zero-order chi connectivity index (χ0) is 16.2. The second-order valence-corrected chi connectivity index (χ2v) is 7.30. The number of sulfonamides is 1. The summed E-state index contributed by atoms with van der Waals surface area (Å²) in [5.74, 6) is -0.592. The third-order valence-corrected chi connectivity index (χ3v) is 6.07. The van der Waals surface area contributed by atoms with Crippen molar-refractivity contribution in [3.8, 4) is 0 Å². The van der Waals surface area contributed by atoms with E-state index in [1.54, 1.807) is 29.6 Å². The Bertz CT molecular complexity index is 767. The highest BCUT2D eigenvalue weighted by molar-refractivity contribution is 7.94. The molecule has 0 N–H and O–H groups in total. The van der Waals surface area contributed by atoms with E-state index in [2.05, 4.69) is 6.58 Å². The molecule has 0 radical (unpaired) electrons. The van der Waals surface area contributed by atoms with Crippen LogP contribution in [0.2, 0.25) is 0 Å². The number of thiophene rings is 1. The summed E-state index contributed by atoms with van der Waals surface area (Å²) in [6.07, 6.45) is 1.47. The molecule has 7 heteroatoms. The number of carbonyl (C=O) groups is 1. The van der Waals surface area contributed by atoms with Gasteiger partial charge in [-0.05, 0) is 23.6 Å². The zero-order valence-corrected chi connectivity index (χ0v) is 13.6. The SMILES string of the molecule is C=CCN(c1ccccc1C(=O)OC)S(=O)(=O)c1cccs1. The van der Waals surface area contributed by atoms with Crippen LogP contribution in [0.5, 0.6) is 0 Å². The number of para-hydroxylation sites is 1. The molecule has 0 bridgehead atoms. The monoisotopic (exact) mass is 337 g/mol. The lowest BCUT2D eigenvalue weighted by Gasteiger charge is -2.24. The molecule has 0 unspecified atom stereocenters. The van der Waals surface area contributed by atoms with Crippen molar-refractivity contribution in [1.82, 2.24) is 0 Å². The van der Waals surface area contributed by atoms with Gasteiger partial charge in [0.05, 0.1) is 24.9 Å². The van der Waals surface area contributed by atoms with E-state index in [-0.39, 0.29) is 22.0 Å². The zero-order valence-electron chi connectivity index (χ0n) is 11.9. The molecule has 0 saturated carbocycles. The Morgan fingerprint density at radius 3 is 2.64 bits per heavy atom. The van der Waals surface area contributed by atoms with E-state index in [9.17, 15) is 13.2 Å². The van der Waals surface area contributed by atoms with Crippen LogP contribution in [-0.4, -0.2) is 28.0 Å². The number of esters is 1. The molecule has 0 spiro atoms. The fraction of sp³-hybridized carbons (Fsp3) is 0.133. The first-order valence-electron chi connectivity index (χ1n) is 6.37. The number of hydrogen-bond acceptors (Lipinski definition) is 5. The molecule has 0 amide bonds. The molecule has 0 fully saturated rings. The van der Waals surface area contributed by atoms with Gasteiger partial charge in [-0.3, -0.25) is 4.31 Å². The molecule has 22 heavy (non-hydrogen) atoms. The molecule has 2 aromatic rings. The number of anilines is 1. The fourth-order valence-electron chi connectivity index (χ4n) is 1.94. The molecule has 0 atom stereocenters. The Balaban J connectivity index is 2.59. The van der Waals surface area contributed by atoms with Crippen molar-refractivity contribution in [1.29, 1.82) is 0 Å². The first-order valence-corrected chi connectivity index (χ1v) is 8.69. The number of hydrogen-bond donors (Lipinski definition) is 0. The minimum Gasteiger partial charge on any atom is -0.465 e. The third kappa shape index (κ3) is 3.05. The predicted molar refractivity (Wildman–Crippen MR) is 86.8 cm³/mol. The number of methoxy groups -OCH3 is 1. The molecular weight excluding hydrogens is 322 g/mol. The van der Waals surface area contributed by atoms with Crippen molar-refractivity contribution in [2.75, 3.05) is 18.0 Å². The van der Waals surface area contributed by atoms with E-state index in [0.717, 1.165) is 15.6 Å². The Hall–Kier alpha value is -2.12. The highest BCUT2D eigenvalue weighted by Crippen LogP contribution is 2.29. The van der Waals surface area contributed by atoms with Crippen LogP contribution in [0.3, 0.4) is 0 Å². The maximum atomic E-state index is 12.8. The van der Waals surface area contributed by atoms with Crippen molar-refractivity contribution >= 4 is 33.0 Å². The highest BCUT2D eigenvalue weighted by Gasteiger charge is 2.28. The van der Waals surface area contributed by atoms with Gasteiger partial charge in [0.15, 0.2) is 0 Å². The van der Waals surface area contributed by atoms with Crippen LogP contribution in [0.25, 0.3) is 0 Å². The maximum absolute atomic E-state index is 12.8. The van der Waals surface area contributed by atoms with E-state index in [1.807, 2.05) is 0 Å². The summed E-state index contributed by atoms with van der Waals surface area (Å²) in [7, 11) is -2.51. The van der Waals surface area contributed by atoms with Crippen LogP contribution in [0.4, 0.5) is 5.69 Å². The van der Waals surface area contributed by atoms with Crippen LogP contribution in [0, 0.1) is 0 Å². The molecule has 2 rings (SSSR count). The smallest absolute Gasteiger partial charge is 0.340 e. The highest BCUT2D eigenvalue weighted by atomic mass is 32.2. The van der Waals surface area contributed by atoms with Crippen molar-refractivity contribution < 1.29 is 17.9 Å². The van der Waals surface area contributed by atoms with Gasteiger partial charge in [-0.1, -0.05) is 24.3 Å². The number of carbonyl (C=O) groups excluding carboxylic acids is 1. The van der Waals surface area contributed by atoms with E-state index in [0.29, 0.717) is 0 Å². The summed E-state index contributed by atoms with van der Waals surface area (Å²) in [6.45, 7) is 3.65. The maximum Gasteiger partial charge on any atom is 0.340 e. The average Bonchev–Trinajstić information content (AvgIpc) is 3.07. The Labute approximate surface area is 133 Å². The van der Waals surface area contributed by atoms with Crippen LogP contribution in [-0.2, 0) is 14.8 Å². The van der Waals surface area contributed by atoms with Gasteiger partial charge >= 0.3 is 5.97 Å². The van der Waals surface area contributed by atoms with Crippen LogP contribution in [0.15, 0.2) is 58.6 Å². The van der Waals surface area contributed by atoms with Gasteiger partial charge in [0.2, 0.25) is 0 Å². The van der Waals surface area contributed by atoms with Gasteiger partial charge in [0, 0.05) is 0 Å². The van der Waals surface area contributed by atoms with E-state index in [1.165, 1.54) is 25.3 Å². The van der Waals surface area contributed by atoms with E-state index >= 15 is 0 Å². The van der Waals surface area contributed by atoms with Crippen molar-refractivity contribution in [2.24, 2.45) is 0 Å². The summed E-state index contributed by atoms with van der Waals surface area (Å²) < 4.78 is 31.6. The van der Waals surface area contributed by atoms with Crippen LogP contribution >= 0.6 is 11.3 Å². The first-order chi connectivity index (χ1) is 10.5. The predicted octanol–water partition coefficient (Wildman–Crippen LogP) is 2.92. The lowest BCUT2D eigenvalue weighted by molar-refractivity contribution is 0.0601. The molecular formula is C15H15NO4S2. The molecule has 0 aliphatic carbocycles.